The lowest BCUT2D eigenvalue weighted by Crippen LogP contribution is -2.31. The zero-order chi connectivity index (χ0) is 15.2. The Morgan fingerprint density at radius 1 is 1.25 bits per heavy atom. The third-order valence-corrected chi connectivity index (χ3v) is 4.22. The Balaban J connectivity index is 3.00. The second kappa shape index (κ2) is 7.74. The van der Waals surface area contributed by atoms with Crippen LogP contribution in [-0.4, -0.2) is 29.8 Å². The van der Waals surface area contributed by atoms with Crippen LogP contribution in [0.1, 0.15) is 71.5 Å². The Bertz CT molecular complexity index is 384. The Labute approximate surface area is 122 Å². The molecule has 0 amide bonds. The topological polar surface area (TPSA) is 60.2 Å². The molecule has 1 heterocycles. The summed E-state index contributed by atoms with van der Waals surface area (Å²) < 4.78 is 11.4. The van der Waals surface area contributed by atoms with Gasteiger partial charge in [-0.2, -0.15) is 4.98 Å². The van der Waals surface area contributed by atoms with Gasteiger partial charge in [0.25, 0.3) is 0 Å². The maximum absolute atomic E-state index is 5.92. The number of likely N-dealkylation sites (N-methyl/N-ethyl adjacent to an activating group) is 1. The number of ether oxygens (including phenoxy) is 1. The average Bonchev–Trinajstić information content (AvgIpc) is 2.96. The van der Waals surface area contributed by atoms with Crippen molar-refractivity contribution in [2.45, 2.75) is 71.4 Å². The predicted octanol–water partition coefficient (Wildman–Crippen LogP) is 3.22. The molecule has 0 radical (unpaired) electrons. The summed E-state index contributed by atoms with van der Waals surface area (Å²) in [6.45, 7) is 11.1. The first-order chi connectivity index (χ1) is 9.58. The molecule has 5 nitrogen and oxygen atoms in total. The predicted molar refractivity (Wildman–Crippen MR) is 79.7 cm³/mol. The Kier molecular flexibility index (Phi) is 6.62. The SMILES string of the molecule is CCOC(CC)(CC)c1noc(C(C)C(CC)NC)n1. The van der Waals surface area contributed by atoms with E-state index in [1.807, 2.05) is 14.0 Å². The van der Waals surface area contributed by atoms with Crippen molar-refractivity contribution in [3.05, 3.63) is 11.7 Å². The van der Waals surface area contributed by atoms with Gasteiger partial charge in [0.1, 0.15) is 5.60 Å². The van der Waals surface area contributed by atoms with Gasteiger partial charge in [-0.3, -0.25) is 0 Å². The Morgan fingerprint density at radius 2 is 1.90 bits per heavy atom. The first-order valence-corrected chi connectivity index (χ1v) is 7.73. The van der Waals surface area contributed by atoms with Crippen molar-refractivity contribution in [2.75, 3.05) is 13.7 Å². The summed E-state index contributed by atoms with van der Waals surface area (Å²) in [4.78, 5) is 4.62. The van der Waals surface area contributed by atoms with Crippen molar-refractivity contribution in [2.24, 2.45) is 0 Å². The molecule has 116 valence electrons. The summed E-state index contributed by atoms with van der Waals surface area (Å²) in [5.74, 6) is 1.56. The summed E-state index contributed by atoms with van der Waals surface area (Å²) in [6.07, 6.45) is 2.70. The molecular weight excluding hydrogens is 254 g/mol. The second-order valence-electron chi connectivity index (χ2n) is 5.18. The maximum atomic E-state index is 5.92. The molecular formula is C15H29N3O2. The molecule has 20 heavy (non-hydrogen) atoms. The normalized spacial score (nSPS) is 15.3. The molecule has 0 bridgehead atoms. The monoisotopic (exact) mass is 283 g/mol. The zero-order valence-corrected chi connectivity index (χ0v) is 13.7. The number of hydrogen-bond acceptors (Lipinski definition) is 5. The van der Waals surface area contributed by atoms with E-state index in [1.165, 1.54) is 0 Å². The fourth-order valence-electron chi connectivity index (χ4n) is 2.70. The fourth-order valence-corrected chi connectivity index (χ4v) is 2.70. The van der Waals surface area contributed by atoms with Gasteiger partial charge in [-0.1, -0.05) is 32.9 Å². The summed E-state index contributed by atoms with van der Waals surface area (Å²) >= 11 is 0. The molecule has 2 unspecified atom stereocenters. The van der Waals surface area contributed by atoms with E-state index in [-0.39, 0.29) is 5.92 Å². The standard InChI is InChI=1S/C15H29N3O2/c1-7-12(16-6)11(5)13-17-14(18-20-13)15(8-2,9-3)19-10-4/h11-12,16H,7-10H2,1-6H3. The largest absolute Gasteiger partial charge is 0.367 e. The minimum atomic E-state index is -0.419. The quantitative estimate of drug-likeness (QED) is 0.754. The first kappa shape index (κ1) is 17.1. The van der Waals surface area contributed by atoms with Crippen molar-refractivity contribution >= 4 is 0 Å². The molecule has 0 aliphatic rings. The molecule has 0 fully saturated rings. The molecule has 0 saturated heterocycles. The van der Waals surface area contributed by atoms with Crippen LogP contribution < -0.4 is 5.32 Å². The molecule has 1 aromatic heterocycles. The van der Waals surface area contributed by atoms with Gasteiger partial charge in [-0.05, 0) is 33.2 Å². The van der Waals surface area contributed by atoms with Gasteiger partial charge in [0.05, 0.1) is 5.92 Å². The van der Waals surface area contributed by atoms with Gasteiger partial charge in [-0.15, -0.1) is 0 Å². The van der Waals surface area contributed by atoms with Crippen LogP contribution in [0.15, 0.2) is 4.52 Å². The van der Waals surface area contributed by atoms with Gasteiger partial charge in [-0.25, -0.2) is 0 Å². The lowest BCUT2D eigenvalue weighted by Gasteiger charge is -2.27. The van der Waals surface area contributed by atoms with Crippen LogP contribution >= 0.6 is 0 Å². The molecule has 1 rings (SSSR count). The highest BCUT2D eigenvalue weighted by atomic mass is 16.5. The van der Waals surface area contributed by atoms with Gasteiger partial charge in [0, 0.05) is 12.6 Å². The van der Waals surface area contributed by atoms with E-state index >= 15 is 0 Å². The number of rotatable bonds is 9. The first-order valence-electron chi connectivity index (χ1n) is 7.73. The Morgan fingerprint density at radius 3 is 2.35 bits per heavy atom. The molecule has 0 spiro atoms. The van der Waals surface area contributed by atoms with E-state index in [2.05, 4.69) is 43.2 Å². The fraction of sp³-hybridized carbons (Fsp3) is 0.867. The molecule has 1 aromatic rings. The number of aromatic nitrogens is 2. The number of nitrogens with one attached hydrogen (secondary N) is 1. The maximum Gasteiger partial charge on any atom is 0.231 e. The Hall–Kier alpha value is -0.940. The van der Waals surface area contributed by atoms with Crippen LogP contribution in [0.5, 0.6) is 0 Å². The highest BCUT2D eigenvalue weighted by molar-refractivity contribution is 5.04. The van der Waals surface area contributed by atoms with Gasteiger partial charge in [0.2, 0.25) is 11.7 Å². The lowest BCUT2D eigenvalue weighted by atomic mass is 9.95. The van der Waals surface area contributed by atoms with Crippen LogP contribution in [0.25, 0.3) is 0 Å². The summed E-state index contributed by atoms with van der Waals surface area (Å²) in [5, 5.41) is 7.47. The van der Waals surface area contributed by atoms with Crippen LogP contribution in [0, 0.1) is 0 Å². The van der Waals surface area contributed by atoms with Gasteiger partial charge in [0.15, 0.2) is 0 Å². The number of nitrogens with zero attached hydrogens (tertiary/aromatic N) is 2. The lowest BCUT2D eigenvalue weighted by molar-refractivity contribution is -0.0583. The van der Waals surface area contributed by atoms with Crippen molar-refractivity contribution in [1.82, 2.24) is 15.5 Å². The van der Waals surface area contributed by atoms with Crippen molar-refractivity contribution in [3.8, 4) is 0 Å². The van der Waals surface area contributed by atoms with E-state index in [1.54, 1.807) is 0 Å². The summed E-state index contributed by atoms with van der Waals surface area (Å²) in [7, 11) is 1.96. The summed E-state index contributed by atoms with van der Waals surface area (Å²) in [5.41, 5.74) is -0.419. The second-order valence-corrected chi connectivity index (χ2v) is 5.18. The van der Waals surface area contributed by atoms with Crippen molar-refractivity contribution in [3.63, 3.8) is 0 Å². The van der Waals surface area contributed by atoms with Gasteiger partial charge >= 0.3 is 0 Å². The van der Waals surface area contributed by atoms with E-state index in [0.29, 0.717) is 24.4 Å². The molecule has 0 aliphatic heterocycles. The molecule has 2 atom stereocenters. The minimum absolute atomic E-state index is 0.194. The molecule has 0 aliphatic carbocycles. The highest BCUT2D eigenvalue weighted by Gasteiger charge is 2.35. The number of hydrogen-bond donors (Lipinski definition) is 1. The van der Waals surface area contributed by atoms with E-state index in [9.17, 15) is 0 Å². The summed E-state index contributed by atoms with van der Waals surface area (Å²) in [6, 6.07) is 0.341. The third-order valence-electron chi connectivity index (χ3n) is 4.22. The van der Waals surface area contributed by atoms with E-state index in [4.69, 9.17) is 9.26 Å². The van der Waals surface area contributed by atoms with Crippen LogP contribution in [0.3, 0.4) is 0 Å². The van der Waals surface area contributed by atoms with Gasteiger partial charge < -0.3 is 14.6 Å². The highest BCUT2D eigenvalue weighted by Crippen LogP contribution is 2.32. The van der Waals surface area contributed by atoms with Crippen molar-refractivity contribution in [1.29, 1.82) is 0 Å². The average molecular weight is 283 g/mol. The molecule has 0 saturated carbocycles. The molecule has 1 N–H and O–H groups in total. The zero-order valence-electron chi connectivity index (χ0n) is 13.7. The smallest absolute Gasteiger partial charge is 0.231 e. The van der Waals surface area contributed by atoms with E-state index < -0.39 is 5.60 Å². The van der Waals surface area contributed by atoms with Crippen LogP contribution in [0.4, 0.5) is 0 Å². The van der Waals surface area contributed by atoms with Crippen LogP contribution in [-0.2, 0) is 10.3 Å². The van der Waals surface area contributed by atoms with Crippen molar-refractivity contribution < 1.29 is 9.26 Å². The van der Waals surface area contributed by atoms with E-state index in [0.717, 1.165) is 19.3 Å². The molecule has 0 aromatic carbocycles. The molecule has 5 heteroatoms. The van der Waals surface area contributed by atoms with Crippen LogP contribution in [0.2, 0.25) is 0 Å². The third kappa shape index (κ3) is 3.38. The minimum Gasteiger partial charge on any atom is -0.367 e.